The molecule has 2 aromatic carbocycles. The molecule has 0 saturated carbocycles. The van der Waals surface area contributed by atoms with E-state index in [0.717, 1.165) is 5.56 Å². The van der Waals surface area contributed by atoms with Crippen molar-refractivity contribution in [2.24, 2.45) is 0 Å². The van der Waals surface area contributed by atoms with E-state index in [4.69, 9.17) is 10.2 Å². The molecule has 3 aromatic rings. The number of benzene rings is 2. The molecule has 3 rings (SSSR count). The molecule has 1 heterocycles. The molecule has 0 radical (unpaired) electrons. The predicted molar refractivity (Wildman–Crippen MR) is 94.3 cm³/mol. The number of rotatable bonds is 4. The van der Waals surface area contributed by atoms with Crippen LogP contribution in [0.5, 0.6) is 0 Å². The monoisotopic (exact) mass is 336 g/mol. The van der Waals surface area contributed by atoms with Gasteiger partial charge in [-0.05, 0) is 48.5 Å². The second-order valence-electron chi connectivity index (χ2n) is 5.31. The van der Waals surface area contributed by atoms with Crippen LogP contribution in [-0.4, -0.2) is 19.0 Å². The second kappa shape index (κ2) is 6.92. The molecule has 0 spiro atoms. The van der Waals surface area contributed by atoms with Crippen LogP contribution in [0.2, 0.25) is 0 Å². The van der Waals surface area contributed by atoms with Crippen LogP contribution in [0.4, 0.5) is 11.4 Å². The molecule has 0 aliphatic heterocycles. The highest BCUT2D eigenvalue weighted by Gasteiger charge is 2.13. The Hall–Kier alpha value is -3.54. The molecular formula is C19H16N2O4. The van der Waals surface area contributed by atoms with Crippen molar-refractivity contribution in [3.05, 3.63) is 72.0 Å². The summed E-state index contributed by atoms with van der Waals surface area (Å²) < 4.78 is 10.2. The predicted octanol–water partition coefficient (Wildman–Crippen LogP) is 3.57. The van der Waals surface area contributed by atoms with Gasteiger partial charge in [0.1, 0.15) is 5.76 Å². The van der Waals surface area contributed by atoms with Crippen molar-refractivity contribution in [2.45, 2.75) is 0 Å². The summed E-state index contributed by atoms with van der Waals surface area (Å²) in [6.45, 7) is 0. The number of nitrogens with two attached hydrogens (primary N) is 1. The van der Waals surface area contributed by atoms with Crippen molar-refractivity contribution in [3.63, 3.8) is 0 Å². The van der Waals surface area contributed by atoms with E-state index in [-0.39, 0.29) is 11.7 Å². The van der Waals surface area contributed by atoms with Crippen LogP contribution in [0, 0.1) is 0 Å². The summed E-state index contributed by atoms with van der Waals surface area (Å²) in [4.78, 5) is 23.7. The SMILES string of the molecule is COC(=O)c1ccc(NC(=O)c2ccc(-c3cccc(N)c3)o2)cc1. The molecule has 0 atom stereocenters. The largest absolute Gasteiger partial charge is 0.465 e. The number of nitrogen functional groups attached to an aromatic ring is 1. The van der Waals surface area contributed by atoms with E-state index >= 15 is 0 Å². The quantitative estimate of drug-likeness (QED) is 0.561. The van der Waals surface area contributed by atoms with Crippen LogP contribution in [0.1, 0.15) is 20.9 Å². The summed E-state index contributed by atoms with van der Waals surface area (Å²) in [6.07, 6.45) is 0. The van der Waals surface area contributed by atoms with Crippen LogP contribution in [0.15, 0.2) is 65.1 Å². The molecule has 0 aliphatic rings. The maximum Gasteiger partial charge on any atom is 0.337 e. The molecule has 0 saturated heterocycles. The molecular weight excluding hydrogens is 320 g/mol. The van der Waals surface area contributed by atoms with Crippen LogP contribution in [0.25, 0.3) is 11.3 Å². The van der Waals surface area contributed by atoms with Crippen LogP contribution in [-0.2, 0) is 4.74 Å². The maximum absolute atomic E-state index is 12.3. The smallest absolute Gasteiger partial charge is 0.337 e. The van der Waals surface area contributed by atoms with Crippen LogP contribution in [0.3, 0.4) is 0 Å². The Balaban J connectivity index is 1.73. The molecule has 3 N–H and O–H groups in total. The van der Waals surface area contributed by atoms with Gasteiger partial charge in [0.2, 0.25) is 0 Å². The fourth-order valence-corrected chi connectivity index (χ4v) is 2.31. The summed E-state index contributed by atoms with van der Waals surface area (Å²) in [5.74, 6) is -0.0929. The third-order valence-corrected chi connectivity index (χ3v) is 3.56. The van der Waals surface area contributed by atoms with Gasteiger partial charge in [-0.2, -0.15) is 0 Å². The fraction of sp³-hybridized carbons (Fsp3) is 0.0526. The number of nitrogens with one attached hydrogen (secondary N) is 1. The number of anilines is 2. The number of amides is 1. The van der Waals surface area contributed by atoms with E-state index in [9.17, 15) is 9.59 Å². The van der Waals surface area contributed by atoms with Crippen molar-refractivity contribution in [3.8, 4) is 11.3 Å². The highest BCUT2D eigenvalue weighted by molar-refractivity contribution is 6.02. The Kier molecular flexibility index (Phi) is 4.52. The zero-order valence-corrected chi connectivity index (χ0v) is 13.5. The first kappa shape index (κ1) is 16.3. The van der Waals surface area contributed by atoms with Gasteiger partial charge in [0.15, 0.2) is 5.76 Å². The molecule has 0 aliphatic carbocycles. The minimum atomic E-state index is -0.435. The van der Waals surface area contributed by atoms with Gasteiger partial charge in [0, 0.05) is 16.9 Å². The molecule has 126 valence electrons. The van der Waals surface area contributed by atoms with Crippen LogP contribution < -0.4 is 11.1 Å². The fourth-order valence-electron chi connectivity index (χ4n) is 2.31. The minimum Gasteiger partial charge on any atom is -0.465 e. The zero-order valence-electron chi connectivity index (χ0n) is 13.5. The van der Waals surface area contributed by atoms with Crippen molar-refractivity contribution >= 4 is 23.3 Å². The van der Waals surface area contributed by atoms with E-state index in [0.29, 0.717) is 22.7 Å². The Morgan fingerprint density at radius 3 is 2.48 bits per heavy atom. The van der Waals surface area contributed by atoms with E-state index in [1.54, 1.807) is 48.5 Å². The summed E-state index contributed by atoms with van der Waals surface area (Å²) in [5.41, 5.74) is 8.11. The Morgan fingerprint density at radius 1 is 1.04 bits per heavy atom. The first-order valence-electron chi connectivity index (χ1n) is 7.52. The lowest BCUT2D eigenvalue weighted by Gasteiger charge is -2.04. The van der Waals surface area contributed by atoms with Gasteiger partial charge in [0.05, 0.1) is 12.7 Å². The number of hydrogen-bond donors (Lipinski definition) is 2. The van der Waals surface area contributed by atoms with E-state index < -0.39 is 5.97 Å². The number of esters is 1. The molecule has 0 bridgehead atoms. The van der Waals surface area contributed by atoms with Gasteiger partial charge in [-0.25, -0.2) is 4.79 Å². The number of carbonyl (C=O) groups excluding carboxylic acids is 2. The van der Waals surface area contributed by atoms with E-state index in [2.05, 4.69) is 10.1 Å². The molecule has 0 unspecified atom stereocenters. The van der Waals surface area contributed by atoms with E-state index in [1.807, 2.05) is 12.1 Å². The van der Waals surface area contributed by atoms with Crippen LogP contribution >= 0.6 is 0 Å². The Morgan fingerprint density at radius 2 is 1.80 bits per heavy atom. The minimum absolute atomic E-state index is 0.175. The zero-order chi connectivity index (χ0) is 17.8. The van der Waals surface area contributed by atoms with Gasteiger partial charge >= 0.3 is 5.97 Å². The number of carbonyl (C=O) groups is 2. The average Bonchev–Trinajstić information content (AvgIpc) is 3.12. The molecule has 1 aromatic heterocycles. The molecule has 6 nitrogen and oxygen atoms in total. The van der Waals surface area contributed by atoms with Crippen molar-refractivity contribution in [1.29, 1.82) is 0 Å². The third-order valence-electron chi connectivity index (χ3n) is 3.56. The lowest BCUT2D eigenvalue weighted by molar-refractivity contribution is 0.0600. The first-order valence-corrected chi connectivity index (χ1v) is 7.52. The number of hydrogen-bond acceptors (Lipinski definition) is 5. The van der Waals surface area contributed by atoms with Crippen molar-refractivity contribution < 1.29 is 18.7 Å². The summed E-state index contributed by atoms with van der Waals surface area (Å²) in [6, 6.07) is 16.9. The van der Waals surface area contributed by atoms with Gasteiger partial charge < -0.3 is 20.2 Å². The average molecular weight is 336 g/mol. The van der Waals surface area contributed by atoms with Gasteiger partial charge in [-0.1, -0.05) is 12.1 Å². The highest BCUT2D eigenvalue weighted by Crippen LogP contribution is 2.24. The molecule has 6 heteroatoms. The number of methoxy groups -OCH3 is 1. The second-order valence-corrected chi connectivity index (χ2v) is 5.31. The molecule has 1 amide bonds. The first-order chi connectivity index (χ1) is 12.1. The number of furan rings is 1. The van der Waals surface area contributed by atoms with E-state index in [1.165, 1.54) is 7.11 Å². The topological polar surface area (TPSA) is 94.6 Å². The lowest BCUT2D eigenvalue weighted by atomic mass is 10.1. The van der Waals surface area contributed by atoms with Gasteiger partial charge in [0.25, 0.3) is 5.91 Å². The maximum atomic E-state index is 12.3. The van der Waals surface area contributed by atoms with Gasteiger partial charge in [-0.3, -0.25) is 4.79 Å². The normalized spacial score (nSPS) is 10.3. The number of ether oxygens (including phenoxy) is 1. The summed E-state index contributed by atoms with van der Waals surface area (Å²) in [7, 11) is 1.31. The third kappa shape index (κ3) is 3.69. The Labute approximate surface area is 144 Å². The van der Waals surface area contributed by atoms with Crippen molar-refractivity contribution in [1.82, 2.24) is 0 Å². The summed E-state index contributed by atoms with van der Waals surface area (Å²) >= 11 is 0. The molecule has 0 fully saturated rings. The molecule has 25 heavy (non-hydrogen) atoms. The standard InChI is InChI=1S/C19H16N2O4/c1-24-19(23)12-5-7-15(8-6-12)21-18(22)17-10-9-16(25-17)13-3-2-4-14(20)11-13/h2-11H,20H2,1H3,(H,21,22). The van der Waals surface area contributed by atoms with Crippen molar-refractivity contribution in [2.75, 3.05) is 18.2 Å². The highest BCUT2D eigenvalue weighted by atomic mass is 16.5. The Bertz CT molecular complexity index is 913. The van der Waals surface area contributed by atoms with Gasteiger partial charge in [-0.15, -0.1) is 0 Å². The lowest BCUT2D eigenvalue weighted by Crippen LogP contribution is -2.11. The summed E-state index contributed by atoms with van der Waals surface area (Å²) in [5, 5.41) is 2.71.